The molecule has 16 heteroatoms. The lowest BCUT2D eigenvalue weighted by Gasteiger charge is -2.33. The Morgan fingerprint density at radius 1 is 1.11 bits per heavy atom. The first kappa shape index (κ1) is 41.4. The van der Waals surface area contributed by atoms with E-state index < -0.39 is 68.4 Å². The second-order valence-electron chi connectivity index (χ2n) is 14.9. The van der Waals surface area contributed by atoms with E-state index in [2.05, 4.69) is 42.8 Å². The van der Waals surface area contributed by atoms with Crippen molar-refractivity contribution in [1.29, 1.82) is 0 Å². The second-order valence-corrected chi connectivity index (χ2v) is 17.8. The molecule has 0 radical (unpaired) electrons. The van der Waals surface area contributed by atoms with Crippen LogP contribution in [-0.2, 0) is 33.9 Å². The van der Waals surface area contributed by atoms with Gasteiger partial charge in [-0.25, -0.2) is 18.2 Å². The lowest BCUT2D eigenvalue weighted by molar-refractivity contribution is -0.142. The van der Waals surface area contributed by atoms with Crippen LogP contribution in [0.5, 0.6) is 5.88 Å². The van der Waals surface area contributed by atoms with Gasteiger partial charge in [0.2, 0.25) is 27.7 Å². The number of hydrogen-bond donors (Lipinski definition) is 3. The van der Waals surface area contributed by atoms with Gasteiger partial charge in [0.05, 0.1) is 11.8 Å². The molecule has 3 N–H and O–H groups in total. The molecule has 4 amide bonds. The van der Waals surface area contributed by atoms with Gasteiger partial charge in [-0.15, -0.1) is 6.58 Å². The Labute approximate surface area is 318 Å². The first-order chi connectivity index (χ1) is 24.7. The van der Waals surface area contributed by atoms with Crippen molar-refractivity contribution in [3.63, 3.8) is 0 Å². The van der Waals surface area contributed by atoms with Crippen LogP contribution in [0.1, 0.15) is 80.1 Å². The number of alkyl carbamates (subject to hydrolysis) is 1. The molecule has 1 aliphatic heterocycles. The van der Waals surface area contributed by atoms with Crippen molar-refractivity contribution >= 4 is 66.3 Å². The van der Waals surface area contributed by atoms with Crippen LogP contribution in [0.4, 0.5) is 4.79 Å². The summed E-state index contributed by atoms with van der Waals surface area (Å²) in [6.07, 6.45) is 3.19. The fraction of sp³-hybridized carbons (Fsp3) is 0.514. The number of hydrogen-bond acceptors (Lipinski definition) is 10. The highest BCUT2D eigenvalue weighted by Crippen LogP contribution is 2.31. The molecule has 2 fully saturated rings. The molecule has 0 spiro atoms. The van der Waals surface area contributed by atoms with Crippen LogP contribution in [-0.4, -0.2) is 89.0 Å². The Bertz CT molecular complexity index is 1900. The minimum Gasteiger partial charge on any atom is -0.472 e. The van der Waals surface area contributed by atoms with Gasteiger partial charge in [-0.3, -0.25) is 23.9 Å². The van der Waals surface area contributed by atoms with Crippen LogP contribution < -0.4 is 20.1 Å². The molecule has 14 nitrogen and oxygen atoms in total. The van der Waals surface area contributed by atoms with Crippen LogP contribution in [0.15, 0.2) is 59.2 Å². The van der Waals surface area contributed by atoms with Gasteiger partial charge in [0.15, 0.2) is 5.78 Å². The lowest BCUT2D eigenvalue weighted by atomic mass is 9.96. The third-order valence-electron chi connectivity index (χ3n) is 8.59. The van der Waals surface area contributed by atoms with E-state index in [9.17, 15) is 32.4 Å². The van der Waals surface area contributed by atoms with Gasteiger partial charge in [-0.1, -0.05) is 33.6 Å². The maximum Gasteiger partial charge on any atom is 0.408 e. The summed E-state index contributed by atoms with van der Waals surface area (Å²) in [7, 11) is -3.95. The molecule has 4 rings (SSSR count). The largest absolute Gasteiger partial charge is 0.472 e. The number of ketones is 1. The maximum absolute atomic E-state index is 14.4. The zero-order valence-electron chi connectivity index (χ0n) is 30.9. The standard InChI is InChI=1S/C37H48BrN5O9S/c1-8-16-37(7,34(47)42-53(49,50)27-12-13-27)41-31(45)30-20-26(51-32-28-19-24(38)10-9-23(28)15-17-39-32)21-43(30)33(46)29(14-11-25(44)18-22(2)3)40-35(48)52-36(4,5)6/h8-10,15,17-19,26-27,29-30H,1,11-14,16,20-21H2,2-7H3,(H,40,48)(H,41,45)(H,42,47)/t26-,29+,30+,37+/m1/s1. The molecule has 53 heavy (non-hydrogen) atoms. The quantitative estimate of drug-likeness (QED) is 0.169. The lowest BCUT2D eigenvalue weighted by Crippen LogP contribution is -2.61. The molecule has 0 unspecified atom stereocenters. The van der Waals surface area contributed by atoms with E-state index in [-0.39, 0.29) is 43.9 Å². The van der Waals surface area contributed by atoms with E-state index in [1.807, 2.05) is 24.3 Å². The van der Waals surface area contributed by atoms with Gasteiger partial charge < -0.3 is 25.0 Å². The number of aromatic nitrogens is 1. The Balaban J connectivity index is 1.68. The number of carbonyl (C=O) groups is 5. The van der Waals surface area contributed by atoms with E-state index in [0.29, 0.717) is 18.2 Å². The Morgan fingerprint density at radius 2 is 1.81 bits per heavy atom. The van der Waals surface area contributed by atoms with Crippen LogP contribution >= 0.6 is 15.9 Å². The zero-order valence-corrected chi connectivity index (χ0v) is 33.3. The number of pyridine rings is 1. The number of amides is 4. The smallest absolute Gasteiger partial charge is 0.408 e. The number of allylic oxidation sites excluding steroid dienone is 2. The fourth-order valence-electron chi connectivity index (χ4n) is 5.88. The SMILES string of the molecule is C=CC[C@](C)(NC(=O)[C@@H]1C[C@@H](Oc2nccc3ccc(Br)cc23)CN1C(=O)[C@H](CCC(=O)C=C(C)C)NC(=O)OC(C)(C)C)C(=O)NS(=O)(=O)C1CC1. The number of nitrogens with zero attached hydrogens (tertiary/aromatic N) is 2. The predicted molar refractivity (Wildman–Crippen MR) is 202 cm³/mol. The summed E-state index contributed by atoms with van der Waals surface area (Å²) in [5.74, 6) is -2.40. The highest BCUT2D eigenvalue weighted by Gasteiger charge is 2.47. The molecule has 1 saturated carbocycles. The molecule has 2 heterocycles. The highest BCUT2D eigenvalue weighted by atomic mass is 79.9. The summed E-state index contributed by atoms with van der Waals surface area (Å²) in [4.78, 5) is 73.4. The molecule has 1 aromatic heterocycles. The van der Waals surface area contributed by atoms with Gasteiger partial charge >= 0.3 is 6.09 Å². The third kappa shape index (κ3) is 11.3. The zero-order chi connectivity index (χ0) is 39.3. The van der Waals surface area contributed by atoms with Crippen molar-refractivity contribution in [2.75, 3.05) is 6.54 Å². The van der Waals surface area contributed by atoms with Crippen molar-refractivity contribution in [2.45, 2.75) is 115 Å². The summed E-state index contributed by atoms with van der Waals surface area (Å²) in [6.45, 7) is 13.4. The summed E-state index contributed by atoms with van der Waals surface area (Å²) in [5, 5.41) is 6.10. The van der Waals surface area contributed by atoms with E-state index >= 15 is 0 Å². The number of halogens is 1. The van der Waals surface area contributed by atoms with Crippen molar-refractivity contribution in [1.82, 2.24) is 25.2 Å². The molecular weight excluding hydrogens is 770 g/mol. The topological polar surface area (TPSA) is 190 Å². The van der Waals surface area contributed by atoms with Crippen LogP contribution in [0.25, 0.3) is 10.8 Å². The molecule has 1 aliphatic carbocycles. The van der Waals surface area contributed by atoms with E-state index in [1.165, 1.54) is 24.0 Å². The number of nitrogens with one attached hydrogen (secondary N) is 3. The molecule has 1 aromatic carbocycles. The molecule has 0 bridgehead atoms. The van der Waals surface area contributed by atoms with Gasteiger partial charge in [-0.2, -0.15) is 0 Å². The van der Waals surface area contributed by atoms with Crippen LogP contribution in [0.2, 0.25) is 0 Å². The average Bonchev–Trinajstić information content (AvgIpc) is 3.83. The van der Waals surface area contributed by atoms with Gasteiger partial charge in [0.25, 0.3) is 5.91 Å². The predicted octanol–water partition coefficient (Wildman–Crippen LogP) is 4.61. The normalized spacial score (nSPS) is 19.0. The second kappa shape index (κ2) is 16.8. The number of carbonyl (C=O) groups excluding carboxylic acids is 5. The van der Waals surface area contributed by atoms with Gasteiger partial charge in [-0.05, 0) is 96.9 Å². The number of ether oxygens (including phenoxy) is 2. The molecule has 288 valence electrons. The molecular formula is C37H48BrN5O9S. The van der Waals surface area contributed by atoms with E-state index in [4.69, 9.17) is 9.47 Å². The Hall–Kier alpha value is -4.31. The van der Waals surface area contributed by atoms with Crippen LogP contribution in [0, 0.1) is 0 Å². The highest BCUT2D eigenvalue weighted by molar-refractivity contribution is 9.10. The number of benzene rings is 1. The third-order valence-corrected chi connectivity index (χ3v) is 10.9. The molecule has 1 saturated heterocycles. The average molecular weight is 819 g/mol. The summed E-state index contributed by atoms with van der Waals surface area (Å²) in [5.41, 5.74) is -1.89. The molecule has 2 aliphatic rings. The van der Waals surface area contributed by atoms with Gasteiger partial charge in [0, 0.05) is 28.9 Å². The van der Waals surface area contributed by atoms with Crippen molar-refractivity contribution in [2.24, 2.45) is 0 Å². The Morgan fingerprint density at radius 3 is 2.43 bits per heavy atom. The number of likely N-dealkylation sites (tertiary alicyclic amines) is 1. The van der Waals surface area contributed by atoms with Gasteiger partial charge in [0.1, 0.15) is 29.3 Å². The number of sulfonamides is 1. The van der Waals surface area contributed by atoms with Crippen LogP contribution in [0.3, 0.4) is 0 Å². The van der Waals surface area contributed by atoms with Crippen molar-refractivity contribution in [3.05, 3.63) is 59.2 Å². The molecule has 4 atom stereocenters. The van der Waals surface area contributed by atoms with E-state index in [0.717, 1.165) is 15.4 Å². The minimum atomic E-state index is -3.95. The minimum absolute atomic E-state index is 0.0499. The van der Waals surface area contributed by atoms with Crippen molar-refractivity contribution in [3.8, 4) is 5.88 Å². The Kier molecular flexibility index (Phi) is 13.1. The maximum atomic E-state index is 14.4. The summed E-state index contributed by atoms with van der Waals surface area (Å²) in [6, 6.07) is 4.86. The number of fused-ring (bicyclic) bond motifs is 1. The fourth-order valence-corrected chi connectivity index (χ4v) is 7.64. The summed E-state index contributed by atoms with van der Waals surface area (Å²) >= 11 is 3.47. The summed E-state index contributed by atoms with van der Waals surface area (Å²) < 4.78 is 40.0. The number of rotatable bonds is 15. The molecule has 2 aromatic rings. The van der Waals surface area contributed by atoms with E-state index in [1.54, 1.807) is 40.8 Å². The first-order valence-electron chi connectivity index (χ1n) is 17.4. The monoisotopic (exact) mass is 817 g/mol. The van der Waals surface area contributed by atoms with Crippen molar-refractivity contribution < 1.29 is 41.9 Å². The first-order valence-corrected chi connectivity index (χ1v) is 19.7.